The molecular weight excluding hydrogens is 182 g/mol. The molecule has 0 aliphatic rings. The minimum atomic E-state index is -0.473. The van der Waals surface area contributed by atoms with Gasteiger partial charge in [-0.05, 0) is 25.0 Å². The molecule has 0 radical (unpaired) electrons. The number of rotatable bonds is 1. The number of nitrogens with zero attached hydrogens (tertiary/aromatic N) is 1. The first-order valence-electron chi connectivity index (χ1n) is 4.47. The van der Waals surface area contributed by atoms with Gasteiger partial charge in [0.25, 0.3) is 5.69 Å². The van der Waals surface area contributed by atoms with Gasteiger partial charge in [0.2, 0.25) is 0 Å². The van der Waals surface area contributed by atoms with E-state index in [-0.39, 0.29) is 11.4 Å². The zero-order valence-electron chi connectivity index (χ0n) is 8.87. The molecule has 0 aliphatic carbocycles. The lowest BCUT2D eigenvalue weighted by atomic mass is 10.1. The number of non-ortho nitro benzene ring substituents is 1. The van der Waals surface area contributed by atoms with E-state index in [0.29, 0.717) is 11.1 Å². The van der Waals surface area contributed by atoms with Gasteiger partial charge in [0.15, 0.2) is 0 Å². The molecule has 0 fully saturated rings. The van der Waals surface area contributed by atoms with Crippen LogP contribution < -0.4 is 0 Å². The highest BCUT2D eigenvalue weighted by Gasteiger charge is 2.10. The summed E-state index contributed by atoms with van der Waals surface area (Å²) in [5.41, 5.74) is 1.08. The van der Waals surface area contributed by atoms with Crippen LogP contribution in [0.3, 0.4) is 0 Å². The van der Waals surface area contributed by atoms with Crippen LogP contribution in [0.4, 0.5) is 5.69 Å². The van der Waals surface area contributed by atoms with Crippen LogP contribution in [0.25, 0.3) is 0 Å². The molecule has 0 saturated heterocycles. The first-order chi connectivity index (χ1) is 6.52. The van der Waals surface area contributed by atoms with Gasteiger partial charge in [0, 0.05) is 12.1 Å². The van der Waals surface area contributed by atoms with Gasteiger partial charge in [-0.3, -0.25) is 10.1 Å². The Balaban J connectivity index is 0.000000791. The number of phenolic OH excluding ortho intramolecular Hbond substituents is 1. The standard InChI is InChI=1S/C8H9NO3.C2H6/c1-5-3-7(9(11)12)4-6(2)8(5)10;1-2/h3-4,10H,1-2H3;1-2H3. The smallest absolute Gasteiger partial charge is 0.270 e. The van der Waals surface area contributed by atoms with Crippen molar-refractivity contribution in [1.82, 2.24) is 0 Å². The molecule has 0 amide bonds. The van der Waals surface area contributed by atoms with Gasteiger partial charge in [-0.1, -0.05) is 13.8 Å². The Morgan fingerprint density at radius 3 is 1.86 bits per heavy atom. The fourth-order valence-electron chi connectivity index (χ4n) is 1.04. The Bertz CT molecular complexity index is 311. The summed E-state index contributed by atoms with van der Waals surface area (Å²) in [5, 5.41) is 19.6. The lowest BCUT2D eigenvalue weighted by molar-refractivity contribution is -0.385. The summed E-state index contributed by atoms with van der Waals surface area (Å²) in [6, 6.07) is 2.70. The third kappa shape index (κ3) is 2.73. The lowest BCUT2D eigenvalue weighted by Gasteiger charge is -2.01. The highest BCUT2D eigenvalue weighted by Crippen LogP contribution is 2.26. The summed E-state index contributed by atoms with van der Waals surface area (Å²) >= 11 is 0. The molecule has 0 atom stereocenters. The van der Waals surface area contributed by atoms with E-state index in [4.69, 9.17) is 0 Å². The number of aromatic hydroxyl groups is 1. The number of aryl methyl sites for hydroxylation is 2. The van der Waals surface area contributed by atoms with E-state index >= 15 is 0 Å². The summed E-state index contributed by atoms with van der Waals surface area (Å²) in [5.74, 6) is 0.126. The molecule has 0 spiro atoms. The number of nitro benzene ring substituents is 1. The average Bonchev–Trinajstić information content (AvgIpc) is 2.16. The summed E-state index contributed by atoms with van der Waals surface area (Å²) < 4.78 is 0. The molecule has 0 heterocycles. The molecular formula is C10H15NO3. The predicted octanol–water partition coefficient (Wildman–Crippen LogP) is 2.94. The molecule has 1 aromatic rings. The van der Waals surface area contributed by atoms with Crippen molar-refractivity contribution in [3.8, 4) is 5.75 Å². The molecule has 0 aliphatic heterocycles. The lowest BCUT2D eigenvalue weighted by Crippen LogP contribution is -1.90. The van der Waals surface area contributed by atoms with Gasteiger partial charge >= 0.3 is 0 Å². The first-order valence-corrected chi connectivity index (χ1v) is 4.47. The predicted molar refractivity (Wildman–Crippen MR) is 55.6 cm³/mol. The van der Waals surface area contributed by atoms with Gasteiger partial charge in [-0.2, -0.15) is 0 Å². The summed E-state index contributed by atoms with van der Waals surface area (Å²) in [4.78, 5) is 9.87. The second-order valence-electron chi connectivity index (χ2n) is 2.69. The number of nitro groups is 1. The Morgan fingerprint density at radius 2 is 1.57 bits per heavy atom. The van der Waals surface area contributed by atoms with E-state index in [2.05, 4.69) is 0 Å². The van der Waals surface area contributed by atoms with Crippen molar-refractivity contribution in [3.05, 3.63) is 33.4 Å². The van der Waals surface area contributed by atoms with Crippen LogP contribution in [-0.4, -0.2) is 10.0 Å². The van der Waals surface area contributed by atoms with Crippen molar-refractivity contribution in [1.29, 1.82) is 0 Å². The molecule has 0 aromatic heterocycles. The number of hydrogen-bond donors (Lipinski definition) is 1. The second-order valence-corrected chi connectivity index (χ2v) is 2.69. The van der Waals surface area contributed by atoms with Crippen LogP contribution in [0, 0.1) is 24.0 Å². The molecule has 1 rings (SSSR count). The van der Waals surface area contributed by atoms with Gasteiger partial charge in [-0.25, -0.2) is 0 Å². The zero-order chi connectivity index (χ0) is 11.3. The fourth-order valence-corrected chi connectivity index (χ4v) is 1.04. The molecule has 0 saturated carbocycles. The average molecular weight is 197 g/mol. The van der Waals surface area contributed by atoms with Gasteiger partial charge < -0.3 is 5.11 Å². The largest absolute Gasteiger partial charge is 0.507 e. The Morgan fingerprint density at radius 1 is 1.21 bits per heavy atom. The minimum absolute atomic E-state index is 0.0165. The van der Waals surface area contributed by atoms with E-state index in [1.807, 2.05) is 13.8 Å². The maximum atomic E-state index is 10.3. The minimum Gasteiger partial charge on any atom is -0.507 e. The molecule has 4 heteroatoms. The number of benzene rings is 1. The third-order valence-corrected chi connectivity index (χ3v) is 1.69. The summed E-state index contributed by atoms with van der Waals surface area (Å²) in [7, 11) is 0. The van der Waals surface area contributed by atoms with Crippen molar-refractivity contribution in [2.24, 2.45) is 0 Å². The maximum Gasteiger partial charge on any atom is 0.270 e. The highest BCUT2D eigenvalue weighted by atomic mass is 16.6. The van der Waals surface area contributed by atoms with E-state index < -0.39 is 4.92 Å². The van der Waals surface area contributed by atoms with E-state index in [1.165, 1.54) is 12.1 Å². The Kier molecular flexibility index (Phi) is 4.63. The molecule has 4 nitrogen and oxygen atoms in total. The second kappa shape index (κ2) is 5.21. The maximum absolute atomic E-state index is 10.3. The molecule has 1 N–H and O–H groups in total. The Hall–Kier alpha value is -1.58. The van der Waals surface area contributed by atoms with Crippen LogP contribution >= 0.6 is 0 Å². The molecule has 0 bridgehead atoms. The summed E-state index contributed by atoms with van der Waals surface area (Å²) in [6.45, 7) is 7.27. The van der Waals surface area contributed by atoms with E-state index in [0.717, 1.165) is 0 Å². The zero-order valence-corrected chi connectivity index (χ0v) is 8.87. The SMILES string of the molecule is CC.Cc1cc([N+](=O)[O-])cc(C)c1O. The van der Waals surface area contributed by atoms with Gasteiger partial charge in [-0.15, -0.1) is 0 Å². The van der Waals surface area contributed by atoms with Crippen molar-refractivity contribution < 1.29 is 10.0 Å². The molecule has 78 valence electrons. The van der Waals surface area contributed by atoms with E-state index in [1.54, 1.807) is 13.8 Å². The monoisotopic (exact) mass is 197 g/mol. The van der Waals surface area contributed by atoms with Crippen LogP contribution in [-0.2, 0) is 0 Å². The topological polar surface area (TPSA) is 63.4 Å². The van der Waals surface area contributed by atoms with Crippen LogP contribution in [0.5, 0.6) is 5.75 Å². The van der Waals surface area contributed by atoms with Crippen molar-refractivity contribution in [2.75, 3.05) is 0 Å². The normalized spacial score (nSPS) is 8.86. The van der Waals surface area contributed by atoms with Crippen LogP contribution in [0.2, 0.25) is 0 Å². The van der Waals surface area contributed by atoms with Crippen molar-refractivity contribution in [2.45, 2.75) is 27.7 Å². The van der Waals surface area contributed by atoms with E-state index in [9.17, 15) is 15.2 Å². The first kappa shape index (κ1) is 12.4. The summed E-state index contributed by atoms with van der Waals surface area (Å²) in [6.07, 6.45) is 0. The van der Waals surface area contributed by atoms with Crippen LogP contribution in [0.1, 0.15) is 25.0 Å². The molecule has 0 unspecified atom stereocenters. The third-order valence-electron chi connectivity index (χ3n) is 1.69. The van der Waals surface area contributed by atoms with Crippen molar-refractivity contribution in [3.63, 3.8) is 0 Å². The van der Waals surface area contributed by atoms with Gasteiger partial charge in [0.1, 0.15) is 5.75 Å². The molecule has 14 heavy (non-hydrogen) atoms. The van der Waals surface area contributed by atoms with Crippen molar-refractivity contribution >= 4 is 5.69 Å². The Labute approximate surface area is 83.3 Å². The highest BCUT2D eigenvalue weighted by molar-refractivity contribution is 5.47. The number of hydrogen-bond acceptors (Lipinski definition) is 3. The quantitative estimate of drug-likeness (QED) is 0.556. The van der Waals surface area contributed by atoms with Gasteiger partial charge in [0.05, 0.1) is 4.92 Å². The molecule has 1 aromatic carbocycles. The fraction of sp³-hybridized carbons (Fsp3) is 0.400. The number of phenols is 1. The van der Waals surface area contributed by atoms with Crippen LogP contribution in [0.15, 0.2) is 12.1 Å².